The van der Waals surface area contributed by atoms with Crippen LogP contribution in [0, 0.1) is 23.2 Å². The van der Waals surface area contributed by atoms with Crippen molar-refractivity contribution in [3.63, 3.8) is 0 Å². The van der Waals surface area contributed by atoms with E-state index >= 15 is 4.39 Å². The lowest BCUT2D eigenvalue weighted by atomic mass is 10.0. The minimum atomic E-state index is -2.06. The van der Waals surface area contributed by atoms with Crippen molar-refractivity contribution in [2.75, 3.05) is 10.6 Å². The van der Waals surface area contributed by atoms with Gasteiger partial charge in [0.25, 0.3) is 0 Å². The van der Waals surface area contributed by atoms with E-state index in [0.717, 1.165) is 37.0 Å². The lowest BCUT2D eigenvalue weighted by Gasteiger charge is -2.22. The van der Waals surface area contributed by atoms with E-state index in [1.165, 1.54) is 6.20 Å². The van der Waals surface area contributed by atoms with E-state index in [0.29, 0.717) is 27.8 Å². The van der Waals surface area contributed by atoms with Crippen LogP contribution >= 0.6 is 11.6 Å². The number of hydrogen-bond acceptors (Lipinski definition) is 7. The lowest BCUT2D eigenvalue weighted by molar-refractivity contribution is 0.499. The molecule has 2 N–H and O–H groups in total. The topological polar surface area (TPSA) is 104 Å². The largest absolute Gasteiger partial charge is 0.377 e. The maximum atomic E-state index is 15.1. The molecule has 5 aromatic rings. The molecule has 2 unspecified atom stereocenters. The van der Waals surface area contributed by atoms with Crippen molar-refractivity contribution in [3.05, 3.63) is 106 Å². The van der Waals surface area contributed by atoms with Crippen LogP contribution in [-0.4, -0.2) is 25.0 Å². The summed E-state index contributed by atoms with van der Waals surface area (Å²) in [6.07, 6.45) is 5.64. The van der Waals surface area contributed by atoms with Gasteiger partial charge >= 0.3 is 0 Å². The summed E-state index contributed by atoms with van der Waals surface area (Å²) in [4.78, 5) is 7.72. The van der Waals surface area contributed by atoms with Crippen molar-refractivity contribution in [1.29, 1.82) is 5.26 Å². The number of anilines is 2. The number of aromatic nitrogens is 5. The third-order valence-electron chi connectivity index (χ3n) is 7.01. The van der Waals surface area contributed by atoms with E-state index in [9.17, 15) is 11.0 Å². The highest BCUT2D eigenvalue weighted by Gasteiger charge is 2.28. The number of rotatable bonds is 9. The molecule has 0 saturated heterocycles. The zero-order valence-electron chi connectivity index (χ0n) is 22.9. The maximum Gasteiger partial charge on any atom is 0.221 e. The first-order valence-corrected chi connectivity index (χ1v) is 13.6. The molecule has 1 saturated carbocycles. The highest BCUT2D eigenvalue weighted by Crippen LogP contribution is 2.38. The smallest absolute Gasteiger partial charge is 0.221 e. The van der Waals surface area contributed by atoms with Crippen molar-refractivity contribution < 1.29 is 10.2 Å². The molecule has 11 heteroatoms. The molecule has 6 rings (SSSR count). The predicted molar refractivity (Wildman–Crippen MR) is 152 cm³/mol. The summed E-state index contributed by atoms with van der Waals surface area (Å²) in [5.74, 6) is -2.17. The fourth-order valence-electron chi connectivity index (χ4n) is 4.77. The van der Waals surface area contributed by atoms with Gasteiger partial charge in [-0.3, -0.25) is 4.98 Å². The van der Waals surface area contributed by atoms with Gasteiger partial charge < -0.3 is 10.6 Å². The number of fused-ring (bicyclic) bond motifs is 1. The van der Waals surface area contributed by atoms with Crippen LogP contribution in [0.5, 0.6) is 0 Å². The van der Waals surface area contributed by atoms with Crippen molar-refractivity contribution in [3.8, 4) is 6.07 Å². The summed E-state index contributed by atoms with van der Waals surface area (Å²) in [5, 5.41) is 25.6. The second-order valence-corrected chi connectivity index (χ2v) is 10.2. The number of nitriles is 1. The molecule has 2 atom stereocenters. The van der Waals surface area contributed by atoms with Crippen LogP contribution in [0.1, 0.15) is 68.0 Å². The van der Waals surface area contributed by atoms with Gasteiger partial charge in [0.15, 0.2) is 0 Å². The molecule has 0 radical (unpaired) electrons. The van der Waals surface area contributed by atoms with Crippen molar-refractivity contribution in [2.24, 2.45) is 0 Å². The van der Waals surface area contributed by atoms with Gasteiger partial charge in [-0.25, -0.2) is 4.68 Å². The van der Waals surface area contributed by atoms with Gasteiger partial charge in [0.1, 0.15) is 17.8 Å². The number of pyridine rings is 2. The molecule has 0 amide bonds. The van der Waals surface area contributed by atoms with E-state index in [1.54, 1.807) is 23.0 Å². The predicted octanol–water partition coefficient (Wildman–Crippen LogP) is 7.12. The fraction of sp³-hybridized carbons (Fsp3) is 0.233. The molecule has 2 aromatic carbocycles. The zero-order valence-corrected chi connectivity index (χ0v) is 22.7. The average molecular weight is 572 g/mol. The van der Waals surface area contributed by atoms with Gasteiger partial charge in [-0.15, -0.1) is 5.10 Å². The van der Waals surface area contributed by atoms with E-state index < -0.39 is 17.9 Å². The molecular weight excluding hydrogens is 546 g/mol. The highest BCUT2D eigenvalue weighted by molar-refractivity contribution is 6.35. The monoisotopic (exact) mass is 571 g/mol. The van der Waals surface area contributed by atoms with Crippen LogP contribution < -0.4 is 10.6 Å². The Morgan fingerprint density at radius 1 is 1.17 bits per heavy atom. The van der Waals surface area contributed by atoms with Crippen molar-refractivity contribution in [2.45, 2.75) is 44.3 Å². The Morgan fingerprint density at radius 3 is 2.68 bits per heavy atom. The number of benzene rings is 2. The van der Waals surface area contributed by atoms with Crippen LogP contribution in [0.25, 0.3) is 10.9 Å². The molecule has 0 spiro atoms. The lowest BCUT2D eigenvalue weighted by Crippen LogP contribution is -2.16. The number of halogens is 3. The molecule has 0 aliphatic heterocycles. The number of hydrogen-bond donors (Lipinski definition) is 2. The third-order valence-corrected chi connectivity index (χ3v) is 7.30. The molecule has 3 heterocycles. The molecule has 0 bridgehead atoms. The molecule has 41 heavy (non-hydrogen) atoms. The van der Waals surface area contributed by atoms with Gasteiger partial charge in [0.05, 0.1) is 41.4 Å². The molecule has 8 nitrogen and oxygen atoms in total. The molecule has 1 aliphatic carbocycles. The minimum Gasteiger partial charge on any atom is -0.377 e. The van der Waals surface area contributed by atoms with Crippen LogP contribution in [0.15, 0.2) is 67.0 Å². The second kappa shape index (κ2) is 11.1. The first-order chi connectivity index (χ1) is 20.3. The summed E-state index contributed by atoms with van der Waals surface area (Å²) in [7, 11) is 0. The minimum absolute atomic E-state index is 0.0929. The summed E-state index contributed by atoms with van der Waals surface area (Å²) < 4.78 is 39.9. The quantitative estimate of drug-likeness (QED) is 0.181. The Morgan fingerprint density at radius 2 is 1.98 bits per heavy atom. The van der Waals surface area contributed by atoms with Gasteiger partial charge in [-0.05, 0) is 49.1 Å². The average Bonchev–Trinajstić information content (AvgIpc) is 3.71. The standard InChI is InChI=1S/C30H25ClF2N8/c1-2-24(17-6-4-3-5-7-17)37-27-18(14-34)15-35-28-22(27)12-19(13-23(28)31)36-29(21-10-11-26(32)38-30(21)33)25-16-41(40-39-25)20-8-9-20/h3-7,10-13,15-16,20,24,29,36H,2,8-9H2,1H3,(H,35,37)/i29D. The maximum absolute atomic E-state index is 15.1. The van der Waals surface area contributed by atoms with Crippen LogP contribution in [0.3, 0.4) is 0 Å². The molecule has 206 valence electrons. The van der Waals surface area contributed by atoms with Gasteiger partial charge in [-0.2, -0.15) is 19.0 Å². The fourth-order valence-corrected chi connectivity index (χ4v) is 5.04. The van der Waals surface area contributed by atoms with E-state index in [1.807, 2.05) is 37.3 Å². The normalized spacial score (nSPS) is 15.5. The first-order valence-electron chi connectivity index (χ1n) is 13.7. The van der Waals surface area contributed by atoms with Crippen LogP contribution in [-0.2, 0) is 0 Å². The summed E-state index contributed by atoms with van der Waals surface area (Å²) in [6.45, 7) is 2.04. The Hall–Kier alpha value is -4.62. The van der Waals surface area contributed by atoms with E-state index in [-0.39, 0.29) is 28.4 Å². The Balaban J connectivity index is 1.48. The zero-order chi connectivity index (χ0) is 29.4. The van der Waals surface area contributed by atoms with Gasteiger partial charge in [0.2, 0.25) is 11.9 Å². The third kappa shape index (κ3) is 5.41. The Labute approximate surface area is 241 Å². The van der Waals surface area contributed by atoms with Gasteiger partial charge in [-0.1, -0.05) is 54.1 Å². The van der Waals surface area contributed by atoms with Gasteiger partial charge in [0, 0.05) is 22.8 Å². The SMILES string of the molecule is [2H]C(Nc1cc(Cl)c2ncc(C#N)c(NC(CC)c3ccccc3)c2c1)(c1cn(C2CC2)nn1)c1ccc(F)nc1F. The number of nitrogens with zero attached hydrogens (tertiary/aromatic N) is 6. The summed E-state index contributed by atoms with van der Waals surface area (Å²) in [5.41, 5.74) is 2.47. The van der Waals surface area contributed by atoms with E-state index in [4.69, 9.17) is 11.6 Å². The Kier molecular flexibility index (Phi) is 6.86. The molecule has 1 aliphatic rings. The molecular formula is C30H25ClF2N8. The summed E-state index contributed by atoms with van der Waals surface area (Å²) in [6, 6.07) is 15.4. The van der Waals surface area contributed by atoms with Crippen molar-refractivity contribution >= 4 is 33.9 Å². The highest BCUT2D eigenvalue weighted by atomic mass is 35.5. The second-order valence-electron chi connectivity index (χ2n) is 9.82. The first kappa shape index (κ1) is 25.4. The summed E-state index contributed by atoms with van der Waals surface area (Å²) >= 11 is 6.70. The molecule has 3 aromatic heterocycles. The van der Waals surface area contributed by atoms with Crippen LogP contribution in [0.2, 0.25) is 5.02 Å². The number of nitrogens with one attached hydrogen (secondary N) is 2. The van der Waals surface area contributed by atoms with Crippen molar-refractivity contribution in [1.82, 2.24) is 25.0 Å². The van der Waals surface area contributed by atoms with E-state index in [2.05, 4.69) is 37.0 Å². The Bertz CT molecular complexity index is 1820. The molecule has 1 fully saturated rings. The van der Waals surface area contributed by atoms with Crippen LogP contribution in [0.4, 0.5) is 20.2 Å².